The molecular formula is C93H60Br3N3S4. The maximum absolute atomic E-state index is 3.98. The second-order valence-electron chi connectivity index (χ2n) is 25.6. The first-order chi connectivity index (χ1) is 50.7. The van der Waals surface area contributed by atoms with Gasteiger partial charge in [0.1, 0.15) is 0 Å². The molecule has 0 aliphatic heterocycles. The fourth-order valence-corrected chi connectivity index (χ4v) is 21.0. The average Bonchev–Trinajstić information content (AvgIpc) is 1.71. The zero-order chi connectivity index (χ0) is 69.1. The van der Waals surface area contributed by atoms with Crippen molar-refractivity contribution in [1.82, 2.24) is 0 Å². The highest BCUT2D eigenvalue weighted by atomic mass is 79.9. The Labute approximate surface area is 638 Å². The zero-order valence-electron chi connectivity index (χ0n) is 55.5. The Bertz CT molecular complexity index is 6510. The van der Waals surface area contributed by atoms with Crippen LogP contribution in [0.25, 0.3) is 113 Å². The molecule has 0 radical (unpaired) electrons. The number of halogens is 3. The third kappa shape index (κ3) is 12.3. The molecule has 0 fully saturated rings. The van der Waals surface area contributed by atoms with Gasteiger partial charge in [-0.3, -0.25) is 0 Å². The van der Waals surface area contributed by atoms with E-state index in [2.05, 4.69) is 415 Å². The van der Waals surface area contributed by atoms with E-state index < -0.39 is 0 Å². The van der Waals surface area contributed by atoms with Crippen LogP contribution in [0.1, 0.15) is 5.56 Å². The van der Waals surface area contributed by atoms with Gasteiger partial charge in [0, 0.05) is 135 Å². The van der Waals surface area contributed by atoms with Crippen molar-refractivity contribution < 1.29 is 0 Å². The molecule has 103 heavy (non-hydrogen) atoms. The van der Waals surface area contributed by atoms with E-state index in [-0.39, 0.29) is 0 Å². The van der Waals surface area contributed by atoms with Crippen LogP contribution in [0.5, 0.6) is 0 Å². The van der Waals surface area contributed by atoms with Crippen LogP contribution in [0.2, 0.25) is 0 Å². The summed E-state index contributed by atoms with van der Waals surface area (Å²) in [6, 6.07) is 124. The summed E-state index contributed by atoms with van der Waals surface area (Å²) >= 11 is 19.1. The Morgan fingerprint density at radius 1 is 0.223 bits per heavy atom. The molecule has 0 saturated heterocycles. The van der Waals surface area contributed by atoms with Gasteiger partial charge in [0.15, 0.2) is 0 Å². The summed E-state index contributed by atoms with van der Waals surface area (Å²) in [4.78, 5) is 7.10. The Balaban J connectivity index is 0.000000112. The number of hydrogen-bond acceptors (Lipinski definition) is 7. The van der Waals surface area contributed by atoms with Gasteiger partial charge in [-0.1, -0.05) is 230 Å². The lowest BCUT2D eigenvalue weighted by Crippen LogP contribution is -2.10. The number of fused-ring (bicyclic) bond motifs is 14. The van der Waals surface area contributed by atoms with E-state index >= 15 is 0 Å². The predicted molar refractivity (Wildman–Crippen MR) is 463 cm³/mol. The van der Waals surface area contributed by atoms with Gasteiger partial charge in [0.25, 0.3) is 0 Å². The lowest BCUT2D eigenvalue weighted by molar-refractivity contribution is 1.28. The third-order valence-electron chi connectivity index (χ3n) is 19.2. The molecule has 0 saturated carbocycles. The minimum absolute atomic E-state index is 1.11. The lowest BCUT2D eigenvalue weighted by atomic mass is 10.0. The number of nitrogens with zero attached hydrogens (tertiary/aromatic N) is 3. The van der Waals surface area contributed by atoms with Crippen molar-refractivity contribution in [2.45, 2.75) is 6.92 Å². The Morgan fingerprint density at radius 2 is 0.583 bits per heavy atom. The van der Waals surface area contributed by atoms with Gasteiger partial charge in [-0.2, -0.15) is 0 Å². The molecule has 0 unspecified atom stereocenters. The molecule has 0 aliphatic carbocycles. The molecule has 4 heterocycles. The molecule has 16 aromatic carbocycles. The number of para-hydroxylation sites is 2. The maximum atomic E-state index is 3.98. The van der Waals surface area contributed by atoms with Crippen LogP contribution in [0.3, 0.4) is 0 Å². The molecule has 492 valence electrons. The zero-order valence-corrected chi connectivity index (χ0v) is 63.5. The number of aryl methyl sites for hydroxylation is 1. The normalized spacial score (nSPS) is 11.5. The van der Waals surface area contributed by atoms with Gasteiger partial charge in [-0.05, 0) is 209 Å². The van der Waals surface area contributed by atoms with Crippen molar-refractivity contribution in [1.29, 1.82) is 0 Å². The second-order valence-corrected chi connectivity index (χ2v) is 32.3. The van der Waals surface area contributed by atoms with Crippen LogP contribution in [0, 0.1) is 6.92 Å². The van der Waals surface area contributed by atoms with Crippen LogP contribution in [0.4, 0.5) is 51.2 Å². The summed E-state index contributed by atoms with van der Waals surface area (Å²) in [7, 11) is 0. The Morgan fingerprint density at radius 3 is 1.11 bits per heavy atom. The van der Waals surface area contributed by atoms with E-state index in [9.17, 15) is 0 Å². The number of rotatable bonds is 10. The number of benzene rings is 16. The van der Waals surface area contributed by atoms with Crippen LogP contribution in [-0.2, 0) is 0 Å². The van der Waals surface area contributed by atoms with E-state index in [1.165, 1.54) is 125 Å². The molecule has 0 bridgehead atoms. The van der Waals surface area contributed by atoms with Crippen molar-refractivity contribution in [3.63, 3.8) is 0 Å². The van der Waals surface area contributed by atoms with E-state index in [0.29, 0.717) is 0 Å². The SMILES string of the molecule is Brc1cc(N(c2ccc3ccccc3c2)c2ccc3ccccc3c2)cc2c1sc1c(-c3ccccc3)cccc12.Brc1cc(N(c2ccccc2)c2cccc3c2sc2ccccc23)cc2c1sc1ccccc12.Cc1ccc(N(c2ccccc2)c2cc(Br)c3sc4ccccc4c3c2)cc1. The quantitative estimate of drug-likeness (QED) is 0.135. The fourth-order valence-electron chi connectivity index (χ4n) is 14.3. The third-order valence-corrected chi connectivity index (χ3v) is 26.8. The molecule has 20 rings (SSSR count). The highest BCUT2D eigenvalue weighted by molar-refractivity contribution is 9.11. The molecule has 4 aromatic heterocycles. The van der Waals surface area contributed by atoms with Crippen molar-refractivity contribution in [2.75, 3.05) is 14.7 Å². The number of hydrogen-bond donors (Lipinski definition) is 0. The van der Waals surface area contributed by atoms with Crippen LogP contribution < -0.4 is 14.7 Å². The smallest absolute Gasteiger partial charge is 0.0640 e. The van der Waals surface area contributed by atoms with Crippen molar-refractivity contribution in [2.24, 2.45) is 0 Å². The van der Waals surface area contributed by atoms with Gasteiger partial charge >= 0.3 is 0 Å². The summed E-state index contributed by atoms with van der Waals surface area (Å²) in [5.41, 5.74) is 14.1. The minimum Gasteiger partial charge on any atom is -0.310 e. The van der Waals surface area contributed by atoms with E-state index in [0.717, 1.165) is 58.9 Å². The first-order valence-corrected chi connectivity index (χ1v) is 39.7. The largest absolute Gasteiger partial charge is 0.310 e. The molecule has 10 heteroatoms. The topological polar surface area (TPSA) is 9.72 Å². The molecule has 0 aliphatic rings. The van der Waals surface area contributed by atoms with E-state index in [1.54, 1.807) is 0 Å². The highest BCUT2D eigenvalue weighted by Gasteiger charge is 2.23. The van der Waals surface area contributed by atoms with Gasteiger partial charge < -0.3 is 14.7 Å². The molecule has 3 nitrogen and oxygen atoms in total. The van der Waals surface area contributed by atoms with Crippen molar-refractivity contribution in [3.05, 3.63) is 365 Å². The summed E-state index contributed by atoms with van der Waals surface area (Å²) in [5.74, 6) is 0. The molecule has 20 aromatic rings. The molecule has 0 atom stereocenters. The second kappa shape index (κ2) is 27.8. The van der Waals surface area contributed by atoms with Crippen LogP contribution in [0.15, 0.2) is 359 Å². The van der Waals surface area contributed by atoms with Crippen molar-refractivity contribution >= 4 is 247 Å². The standard InChI is InChI=1S/C38H24BrNS.C30H18BrNS2.C25H18BrNS/c39-36-24-32(23-35-34-16-8-15-33(37(34)41-38(35)36)27-11-2-1-3-12-27)40(30-19-17-25-9-4-6-13-28(25)21-30)31-20-18-26-10-5-7-14-29(26)22-31;31-25-18-20(17-24-22-12-5-7-16-28(22)33-29(24)25)32(19-9-2-1-3-10-19)26-14-8-13-23-21-11-4-6-15-27(21)34-30(23)26;1-17-11-13-19(14-12-17)27(18-7-3-2-4-8-18)20-15-22-21-9-5-6-10-24(21)28-25(22)23(26)16-20/h1-24H;1-18H;2-16H,1H3. The average molecular weight is 1590 g/mol. The number of thiophene rings is 4. The van der Waals surface area contributed by atoms with Crippen molar-refractivity contribution in [3.8, 4) is 11.1 Å². The molecule has 0 amide bonds. The molecular weight excluding hydrogens is 1530 g/mol. The minimum atomic E-state index is 1.11. The van der Waals surface area contributed by atoms with Gasteiger partial charge in [0.05, 0.1) is 10.4 Å². The molecule has 0 N–H and O–H groups in total. The maximum Gasteiger partial charge on any atom is 0.0640 e. The van der Waals surface area contributed by atoms with Crippen LogP contribution >= 0.6 is 93.1 Å². The van der Waals surface area contributed by atoms with Gasteiger partial charge in [-0.25, -0.2) is 0 Å². The predicted octanol–water partition coefficient (Wildman–Crippen LogP) is 31.5. The molecule has 0 spiro atoms. The van der Waals surface area contributed by atoms with Crippen LogP contribution in [-0.4, -0.2) is 0 Å². The summed E-state index contributed by atoms with van der Waals surface area (Å²) in [6.45, 7) is 2.12. The van der Waals surface area contributed by atoms with Gasteiger partial charge in [-0.15, -0.1) is 45.3 Å². The van der Waals surface area contributed by atoms with E-state index in [1.807, 2.05) is 45.3 Å². The summed E-state index contributed by atoms with van der Waals surface area (Å²) in [5, 5.41) is 15.3. The number of anilines is 9. The Kier molecular flexibility index (Phi) is 17.5. The Hall–Kier alpha value is -10.2. The van der Waals surface area contributed by atoms with Gasteiger partial charge in [0.2, 0.25) is 0 Å². The lowest BCUT2D eigenvalue weighted by Gasteiger charge is -2.26. The summed E-state index contributed by atoms with van der Waals surface area (Å²) in [6.07, 6.45) is 0. The first kappa shape index (κ1) is 64.8. The highest BCUT2D eigenvalue weighted by Crippen LogP contribution is 2.51. The van der Waals surface area contributed by atoms with E-state index in [4.69, 9.17) is 0 Å². The fraction of sp³-hybridized carbons (Fsp3) is 0.0108. The summed E-state index contributed by atoms with van der Waals surface area (Å²) < 4.78 is 13.8. The monoisotopic (exact) mass is 1580 g/mol. The first-order valence-electron chi connectivity index (χ1n) is 34.1.